The van der Waals surface area contributed by atoms with E-state index in [0.717, 1.165) is 43.9 Å². The van der Waals surface area contributed by atoms with Crippen molar-refractivity contribution < 1.29 is 9.72 Å². The van der Waals surface area contributed by atoms with Gasteiger partial charge in [0, 0.05) is 44.0 Å². The monoisotopic (exact) mass is 396 g/mol. The fourth-order valence-electron chi connectivity index (χ4n) is 3.61. The highest BCUT2D eigenvalue weighted by Gasteiger charge is 2.21. The molecule has 1 fully saturated rings. The van der Waals surface area contributed by atoms with Gasteiger partial charge in [0.05, 0.1) is 17.5 Å². The molecular formula is C22H28N4O3. The Morgan fingerprint density at radius 1 is 1.07 bits per heavy atom. The van der Waals surface area contributed by atoms with Crippen LogP contribution in [-0.2, 0) is 4.79 Å². The Morgan fingerprint density at radius 3 is 2.24 bits per heavy atom. The van der Waals surface area contributed by atoms with Crippen LogP contribution in [0.4, 0.5) is 11.4 Å². The number of aryl methyl sites for hydroxylation is 1. The summed E-state index contributed by atoms with van der Waals surface area (Å²) in [5.41, 5.74) is 3.42. The van der Waals surface area contributed by atoms with Crippen molar-refractivity contribution in [3.05, 3.63) is 69.8 Å². The second kappa shape index (κ2) is 9.52. The lowest BCUT2D eigenvalue weighted by Crippen LogP contribution is -2.49. The van der Waals surface area contributed by atoms with Crippen molar-refractivity contribution in [1.82, 2.24) is 10.2 Å². The number of nitro benzene ring substituents is 1. The van der Waals surface area contributed by atoms with Crippen LogP contribution in [0, 0.1) is 17.0 Å². The second-order valence-electron chi connectivity index (χ2n) is 7.48. The van der Waals surface area contributed by atoms with Crippen LogP contribution in [0.2, 0.25) is 0 Å². The fourth-order valence-corrected chi connectivity index (χ4v) is 3.61. The van der Waals surface area contributed by atoms with Crippen molar-refractivity contribution in [3.8, 4) is 0 Å². The van der Waals surface area contributed by atoms with Crippen LogP contribution >= 0.6 is 0 Å². The number of nitro groups is 1. The third kappa shape index (κ3) is 5.54. The van der Waals surface area contributed by atoms with Crippen molar-refractivity contribution in [2.45, 2.75) is 26.3 Å². The SMILES string of the molecule is CC[C@@H](NC(=O)CN1CCN(c2ccc([N+](=O)[O-])cc2)CC1)c1ccc(C)cc1. The molecule has 0 saturated carbocycles. The number of nitrogens with one attached hydrogen (secondary N) is 1. The number of hydrogen-bond acceptors (Lipinski definition) is 5. The van der Waals surface area contributed by atoms with E-state index in [1.807, 2.05) is 0 Å². The first-order valence-electron chi connectivity index (χ1n) is 10.0. The first kappa shape index (κ1) is 20.8. The summed E-state index contributed by atoms with van der Waals surface area (Å²) in [6.07, 6.45) is 0.850. The zero-order valence-corrected chi connectivity index (χ0v) is 17.0. The average Bonchev–Trinajstić information content (AvgIpc) is 2.73. The molecule has 1 heterocycles. The van der Waals surface area contributed by atoms with Crippen molar-refractivity contribution >= 4 is 17.3 Å². The fraction of sp³-hybridized carbons (Fsp3) is 0.409. The Hall–Kier alpha value is -2.93. The highest BCUT2D eigenvalue weighted by molar-refractivity contribution is 5.78. The molecule has 1 atom stereocenters. The smallest absolute Gasteiger partial charge is 0.269 e. The molecule has 0 radical (unpaired) electrons. The quantitative estimate of drug-likeness (QED) is 0.574. The lowest BCUT2D eigenvalue weighted by molar-refractivity contribution is -0.384. The van der Waals surface area contributed by atoms with Crippen LogP contribution in [0.15, 0.2) is 48.5 Å². The van der Waals surface area contributed by atoms with Gasteiger partial charge in [-0.25, -0.2) is 0 Å². The third-order valence-corrected chi connectivity index (χ3v) is 5.39. The summed E-state index contributed by atoms with van der Waals surface area (Å²) in [6.45, 7) is 7.67. The van der Waals surface area contributed by atoms with E-state index in [1.165, 1.54) is 17.7 Å². The third-order valence-electron chi connectivity index (χ3n) is 5.39. The molecule has 154 valence electrons. The zero-order chi connectivity index (χ0) is 20.8. The summed E-state index contributed by atoms with van der Waals surface area (Å²) >= 11 is 0. The predicted molar refractivity (Wildman–Crippen MR) is 114 cm³/mol. The molecule has 1 aliphatic heterocycles. The van der Waals surface area contributed by atoms with E-state index in [9.17, 15) is 14.9 Å². The van der Waals surface area contributed by atoms with E-state index in [2.05, 4.69) is 53.2 Å². The van der Waals surface area contributed by atoms with Gasteiger partial charge in [0.25, 0.3) is 5.69 Å². The highest BCUT2D eigenvalue weighted by Crippen LogP contribution is 2.21. The summed E-state index contributed by atoms with van der Waals surface area (Å²) in [4.78, 5) is 27.3. The number of benzene rings is 2. The standard InChI is InChI=1S/C22H28N4O3/c1-3-21(18-6-4-17(2)5-7-18)23-22(27)16-24-12-14-25(15-13-24)19-8-10-20(11-9-19)26(28)29/h4-11,21H,3,12-16H2,1-2H3,(H,23,27)/t21-/m1/s1. The van der Waals surface area contributed by atoms with Crippen molar-refractivity contribution in [2.24, 2.45) is 0 Å². The number of piperazine rings is 1. The number of rotatable bonds is 7. The topological polar surface area (TPSA) is 78.7 Å². The normalized spacial score (nSPS) is 15.7. The summed E-state index contributed by atoms with van der Waals surface area (Å²) in [5, 5.41) is 13.9. The van der Waals surface area contributed by atoms with Gasteiger partial charge < -0.3 is 10.2 Å². The van der Waals surface area contributed by atoms with E-state index < -0.39 is 0 Å². The van der Waals surface area contributed by atoms with E-state index in [4.69, 9.17) is 0 Å². The minimum Gasteiger partial charge on any atom is -0.369 e. The molecule has 1 N–H and O–H groups in total. The number of amides is 1. The van der Waals surface area contributed by atoms with Gasteiger partial charge in [-0.2, -0.15) is 0 Å². The molecule has 1 aliphatic rings. The summed E-state index contributed by atoms with van der Waals surface area (Å²) < 4.78 is 0. The van der Waals surface area contributed by atoms with Crippen LogP contribution < -0.4 is 10.2 Å². The Bertz CT molecular complexity index is 828. The Balaban J connectivity index is 1.48. The molecule has 0 bridgehead atoms. The van der Waals surface area contributed by atoms with Gasteiger partial charge in [-0.1, -0.05) is 36.8 Å². The number of carbonyl (C=O) groups excluding carboxylic acids is 1. The molecule has 0 aromatic heterocycles. The zero-order valence-electron chi connectivity index (χ0n) is 17.0. The maximum absolute atomic E-state index is 12.5. The van der Waals surface area contributed by atoms with E-state index >= 15 is 0 Å². The minimum absolute atomic E-state index is 0.0319. The number of nitrogens with zero attached hydrogens (tertiary/aromatic N) is 3. The van der Waals surface area contributed by atoms with Crippen LogP contribution in [0.3, 0.4) is 0 Å². The van der Waals surface area contributed by atoms with Crippen LogP contribution in [-0.4, -0.2) is 48.5 Å². The van der Waals surface area contributed by atoms with Gasteiger partial charge in [0.2, 0.25) is 5.91 Å². The molecule has 0 spiro atoms. The lowest BCUT2D eigenvalue weighted by atomic mass is 10.0. The van der Waals surface area contributed by atoms with Gasteiger partial charge in [-0.15, -0.1) is 0 Å². The van der Waals surface area contributed by atoms with Crippen molar-refractivity contribution in [1.29, 1.82) is 0 Å². The second-order valence-corrected chi connectivity index (χ2v) is 7.48. The Morgan fingerprint density at radius 2 is 1.69 bits per heavy atom. The molecule has 1 amide bonds. The first-order valence-corrected chi connectivity index (χ1v) is 10.0. The van der Waals surface area contributed by atoms with Crippen LogP contribution in [0.5, 0.6) is 0 Å². The number of anilines is 1. The molecule has 0 aliphatic carbocycles. The van der Waals surface area contributed by atoms with Crippen LogP contribution in [0.25, 0.3) is 0 Å². The van der Waals surface area contributed by atoms with Gasteiger partial charge >= 0.3 is 0 Å². The minimum atomic E-state index is -0.388. The molecule has 1 saturated heterocycles. The predicted octanol–water partition coefficient (Wildman–Crippen LogP) is 3.29. The van der Waals surface area contributed by atoms with Crippen LogP contribution in [0.1, 0.15) is 30.5 Å². The summed E-state index contributed by atoms with van der Waals surface area (Å²) in [6, 6.07) is 15.0. The van der Waals surface area contributed by atoms with Gasteiger partial charge in [0.15, 0.2) is 0 Å². The van der Waals surface area contributed by atoms with E-state index in [1.54, 1.807) is 12.1 Å². The molecule has 0 unspecified atom stereocenters. The number of carbonyl (C=O) groups is 1. The van der Waals surface area contributed by atoms with Crippen molar-refractivity contribution in [2.75, 3.05) is 37.6 Å². The van der Waals surface area contributed by atoms with Crippen molar-refractivity contribution in [3.63, 3.8) is 0 Å². The van der Waals surface area contributed by atoms with Gasteiger partial charge in [-0.3, -0.25) is 19.8 Å². The van der Waals surface area contributed by atoms with E-state index in [-0.39, 0.29) is 22.6 Å². The largest absolute Gasteiger partial charge is 0.369 e. The molecular weight excluding hydrogens is 368 g/mol. The van der Waals surface area contributed by atoms with Gasteiger partial charge in [0.1, 0.15) is 0 Å². The Labute approximate surface area is 171 Å². The summed E-state index contributed by atoms with van der Waals surface area (Å²) in [5.74, 6) is 0.0428. The molecule has 2 aromatic carbocycles. The number of non-ortho nitro benzene ring substituents is 1. The maximum Gasteiger partial charge on any atom is 0.269 e. The molecule has 3 rings (SSSR count). The van der Waals surface area contributed by atoms with E-state index in [0.29, 0.717) is 6.54 Å². The summed E-state index contributed by atoms with van der Waals surface area (Å²) in [7, 11) is 0. The molecule has 2 aromatic rings. The van der Waals surface area contributed by atoms with Gasteiger partial charge in [-0.05, 0) is 31.0 Å². The highest BCUT2D eigenvalue weighted by atomic mass is 16.6. The number of hydrogen-bond donors (Lipinski definition) is 1. The average molecular weight is 396 g/mol. The lowest BCUT2D eigenvalue weighted by Gasteiger charge is -2.36. The molecule has 7 heteroatoms. The Kier molecular flexibility index (Phi) is 6.82. The maximum atomic E-state index is 12.5. The first-order chi connectivity index (χ1) is 14.0. The molecule has 7 nitrogen and oxygen atoms in total. The molecule has 29 heavy (non-hydrogen) atoms.